The van der Waals surface area contributed by atoms with Gasteiger partial charge in [-0.25, -0.2) is 9.59 Å². The van der Waals surface area contributed by atoms with Crippen LogP contribution < -0.4 is 25.3 Å². The predicted octanol–water partition coefficient (Wildman–Crippen LogP) is 6.54. The van der Waals surface area contributed by atoms with Crippen molar-refractivity contribution in [3.05, 3.63) is 45.5 Å². The molecule has 2 aliphatic carbocycles. The van der Waals surface area contributed by atoms with Crippen molar-refractivity contribution in [3.8, 4) is 17.2 Å². The molecule has 2 bridgehead atoms. The number of likely N-dealkylation sites (tertiary alicyclic amines) is 1. The van der Waals surface area contributed by atoms with Crippen LogP contribution in [0, 0.1) is 26.7 Å². The molecule has 1 unspecified atom stereocenters. The molecule has 3 heterocycles. The highest BCUT2D eigenvalue weighted by Gasteiger charge is 2.65. The summed E-state index contributed by atoms with van der Waals surface area (Å²) in [6.45, 7) is 15.6. The first-order valence-electron chi connectivity index (χ1n) is 22.4. The minimum Gasteiger partial charge on any atom is -0.487 e. The maximum atomic E-state index is 13.7. The lowest BCUT2D eigenvalue weighted by Gasteiger charge is -2.57. The van der Waals surface area contributed by atoms with Gasteiger partial charge < -0.3 is 39.8 Å². The quantitative estimate of drug-likeness (QED) is 0.118. The highest BCUT2D eigenvalue weighted by atomic mass is 32.2. The number of carbonyl (C=O) groups excluding carboxylic acids is 4. The van der Waals surface area contributed by atoms with E-state index in [0.29, 0.717) is 66.7 Å². The number of likely N-dealkylation sites (N-methyl/N-ethyl adjacent to an activating group) is 1. The number of piperidine rings is 1. The number of fused-ring (bicyclic) bond motifs is 1. The third-order valence-corrected chi connectivity index (χ3v) is 15.4. The maximum Gasteiger partial charge on any atom is 0.415 e. The van der Waals surface area contributed by atoms with E-state index >= 15 is 0 Å². The second kappa shape index (κ2) is 17.0. The van der Waals surface area contributed by atoms with Gasteiger partial charge in [-0.15, -0.1) is 4.40 Å². The molecule has 2 aromatic rings. The Bertz CT molecular complexity index is 2350. The van der Waals surface area contributed by atoms with Gasteiger partial charge in [0.15, 0.2) is 29.2 Å². The molecule has 5 atom stereocenters. The number of hydrogen-bond donors (Lipinski definition) is 2. The SMILES string of the molecule is Cc1c(C)c(S(=O)(=O)/N=C(\N)CCCC[C@H](NC(=O)OC(C)(C)C)C(=O)CCCN(C)C(=O)Oc2ccc3c4c2O[C@H]2C(=O)CCC5[C@@H](C3)N(C)CC[C@@]452)c(C)c2c1OC(C)(C)C2. The average Bonchev–Trinajstić information content (AvgIpc) is 3.72. The summed E-state index contributed by atoms with van der Waals surface area (Å²) in [6, 6.07) is 3.21. The number of sulfonamides is 1. The Kier molecular flexibility index (Phi) is 12.5. The lowest BCUT2D eigenvalue weighted by atomic mass is 9.52. The molecule has 15 nitrogen and oxygen atoms in total. The molecular formula is C47H65N5O10S. The van der Waals surface area contributed by atoms with E-state index in [2.05, 4.69) is 21.7 Å². The van der Waals surface area contributed by atoms with E-state index in [9.17, 15) is 27.6 Å². The number of nitrogens with one attached hydrogen (secondary N) is 1. The smallest absolute Gasteiger partial charge is 0.415 e. The fraction of sp³-hybridized carbons (Fsp3) is 0.638. The minimum absolute atomic E-state index is 0.0525. The van der Waals surface area contributed by atoms with Crippen LogP contribution in [-0.2, 0) is 42.6 Å². The van der Waals surface area contributed by atoms with Gasteiger partial charge in [-0.1, -0.05) is 12.5 Å². The number of carbonyl (C=O) groups is 4. The van der Waals surface area contributed by atoms with Gasteiger partial charge in [-0.2, -0.15) is 8.42 Å². The zero-order valence-electron chi connectivity index (χ0n) is 38.6. The summed E-state index contributed by atoms with van der Waals surface area (Å²) in [7, 11) is -0.386. The van der Waals surface area contributed by atoms with Crippen molar-refractivity contribution in [1.82, 2.24) is 15.1 Å². The van der Waals surface area contributed by atoms with E-state index in [1.165, 1.54) is 4.90 Å². The summed E-state index contributed by atoms with van der Waals surface area (Å²) >= 11 is 0. The molecule has 0 aromatic heterocycles. The van der Waals surface area contributed by atoms with Crippen molar-refractivity contribution in [2.24, 2.45) is 16.0 Å². The van der Waals surface area contributed by atoms with Gasteiger partial charge in [0, 0.05) is 61.9 Å². The van der Waals surface area contributed by atoms with E-state index in [4.69, 9.17) is 24.7 Å². The van der Waals surface area contributed by atoms with Crippen molar-refractivity contribution in [1.29, 1.82) is 0 Å². The molecule has 344 valence electrons. The van der Waals surface area contributed by atoms with Crippen LogP contribution >= 0.6 is 0 Å². The third-order valence-electron chi connectivity index (χ3n) is 13.8. The van der Waals surface area contributed by atoms with Crippen LogP contribution in [0.25, 0.3) is 0 Å². The standard InChI is InChI=1S/C47H65N5O10S/c1-26-27(2)41(28(3)30-25-46(7,8)61-39(26)30)63(57,58)50-37(48)16-12-11-14-32(49-43(55)62-45(4,5)6)34(53)15-13-22-52(10)44(56)59-36-20-17-29-24-33-31-18-19-35(54)42-47(31,21-23-51(33)9)38(29)40(36)60-42/h17,20,31-33,42H,11-16,18-19,21-25H2,1-10H3,(H2,48,50)(H,49,55)/t31?,32-,33+,42-,47-/m0/s1. The fourth-order valence-corrected chi connectivity index (χ4v) is 12.4. The zero-order chi connectivity index (χ0) is 46.0. The van der Waals surface area contributed by atoms with Gasteiger partial charge in [0.1, 0.15) is 22.8 Å². The highest BCUT2D eigenvalue weighted by Crippen LogP contribution is 2.63. The third kappa shape index (κ3) is 8.90. The van der Waals surface area contributed by atoms with Crippen LogP contribution in [0.4, 0.5) is 9.59 Å². The molecule has 3 N–H and O–H groups in total. The second-order valence-corrected chi connectivity index (χ2v) is 21.5. The number of alkyl carbamates (subject to hydrolysis) is 1. The number of benzene rings is 2. The van der Waals surface area contributed by atoms with Crippen LogP contribution in [0.5, 0.6) is 17.2 Å². The number of ketones is 2. The van der Waals surface area contributed by atoms with Crippen LogP contribution in [0.2, 0.25) is 0 Å². The van der Waals surface area contributed by atoms with Crippen LogP contribution in [0.15, 0.2) is 21.4 Å². The summed E-state index contributed by atoms with van der Waals surface area (Å²) in [5.41, 5.74) is 9.56. The molecule has 1 spiro atoms. The van der Waals surface area contributed by atoms with E-state index in [1.807, 2.05) is 26.8 Å². The van der Waals surface area contributed by atoms with E-state index in [1.54, 1.807) is 47.7 Å². The Hall–Kier alpha value is -4.70. The predicted molar refractivity (Wildman–Crippen MR) is 237 cm³/mol. The first kappa shape index (κ1) is 46.3. The van der Waals surface area contributed by atoms with Crippen molar-refractivity contribution >= 4 is 39.6 Å². The minimum atomic E-state index is -4.14. The van der Waals surface area contributed by atoms with Gasteiger partial charge in [-0.3, -0.25) is 9.59 Å². The summed E-state index contributed by atoms with van der Waals surface area (Å²) in [4.78, 5) is 57.2. The Labute approximate surface area is 371 Å². The summed E-state index contributed by atoms with van der Waals surface area (Å²) in [5, 5.41) is 2.71. The summed E-state index contributed by atoms with van der Waals surface area (Å²) < 4.78 is 55.3. The number of Topliss-reactive ketones (excluding diaryl/α,β-unsaturated/α-hetero) is 2. The molecule has 3 aliphatic heterocycles. The molecule has 1 saturated carbocycles. The molecule has 1 saturated heterocycles. The molecule has 16 heteroatoms. The summed E-state index contributed by atoms with van der Waals surface area (Å²) in [6.07, 6.45) is 3.22. The molecule has 2 fully saturated rings. The van der Waals surface area contributed by atoms with Crippen molar-refractivity contribution in [2.45, 2.75) is 166 Å². The van der Waals surface area contributed by atoms with Gasteiger partial charge in [0.05, 0.1) is 10.9 Å². The average molecular weight is 892 g/mol. The molecule has 5 aliphatic rings. The largest absolute Gasteiger partial charge is 0.487 e. The topological polar surface area (TPSA) is 196 Å². The summed E-state index contributed by atoms with van der Waals surface area (Å²) in [5.74, 6) is 1.63. The second-order valence-electron chi connectivity index (χ2n) is 20.0. The van der Waals surface area contributed by atoms with Crippen LogP contribution in [0.3, 0.4) is 0 Å². The Balaban J connectivity index is 0.950. The molecule has 63 heavy (non-hydrogen) atoms. The number of nitrogens with two attached hydrogens (primary N) is 1. The van der Waals surface area contributed by atoms with Crippen molar-refractivity contribution in [3.63, 3.8) is 0 Å². The first-order valence-corrected chi connectivity index (χ1v) is 23.8. The maximum absolute atomic E-state index is 13.7. The monoisotopic (exact) mass is 891 g/mol. The number of amides is 2. The van der Waals surface area contributed by atoms with E-state index in [0.717, 1.165) is 53.8 Å². The number of nitrogens with zero attached hydrogens (tertiary/aromatic N) is 3. The molecular weight excluding hydrogens is 827 g/mol. The Morgan fingerprint density at radius 2 is 1.79 bits per heavy atom. The molecule has 7 rings (SSSR count). The number of unbranched alkanes of at least 4 members (excludes halogenated alkanes) is 1. The van der Waals surface area contributed by atoms with Crippen LogP contribution in [0.1, 0.15) is 126 Å². The number of ether oxygens (including phenoxy) is 4. The van der Waals surface area contributed by atoms with Crippen molar-refractivity contribution in [2.75, 3.05) is 27.2 Å². The number of amidine groups is 1. The molecule has 2 amide bonds. The number of hydrogen-bond acceptors (Lipinski definition) is 11. The number of rotatable bonds is 14. The molecule has 0 radical (unpaired) electrons. The lowest BCUT2D eigenvalue weighted by molar-refractivity contribution is -0.138. The fourth-order valence-electron chi connectivity index (χ4n) is 10.8. The van der Waals surface area contributed by atoms with Gasteiger partial charge in [0.2, 0.25) is 0 Å². The Morgan fingerprint density at radius 1 is 1.06 bits per heavy atom. The zero-order valence-corrected chi connectivity index (χ0v) is 39.4. The van der Waals surface area contributed by atoms with E-state index in [-0.39, 0.29) is 48.1 Å². The van der Waals surface area contributed by atoms with Gasteiger partial charge in [0.25, 0.3) is 10.0 Å². The lowest BCUT2D eigenvalue weighted by Crippen LogP contribution is -2.65. The normalized spacial score (nSPS) is 23.8. The molecule has 2 aromatic carbocycles. The van der Waals surface area contributed by atoms with Gasteiger partial charge in [-0.05, 0) is 142 Å². The highest BCUT2D eigenvalue weighted by molar-refractivity contribution is 7.90. The van der Waals surface area contributed by atoms with Crippen molar-refractivity contribution < 1.29 is 46.5 Å². The van der Waals surface area contributed by atoms with Crippen LogP contribution in [-0.4, -0.2) is 104 Å². The van der Waals surface area contributed by atoms with Gasteiger partial charge >= 0.3 is 12.2 Å². The Morgan fingerprint density at radius 3 is 2.51 bits per heavy atom. The first-order chi connectivity index (χ1) is 29.4. The van der Waals surface area contributed by atoms with E-state index < -0.39 is 51.0 Å².